The molecule has 4 aromatic heterocycles. The number of allylic oxidation sites excluding steroid dienone is 1. The van der Waals surface area contributed by atoms with Crippen molar-refractivity contribution in [3.05, 3.63) is 57.3 Å². The van der Waals surface area contributed by atoms with E-state index in [-0.39, 0.29) is 53.3 Å². The van der Waals surface area contributed by atoms with Crippen LogP contribution in [0.25, 0.3) is 22.3 Å². The van der Waals surface area contributed by atoms with Crippen molar-refractivity contribution in [3.63, 3.8) is 0 Å². The average molecular weight is 624 g/mol. The van der Waals surface area contributed by atoms with Crippen LogP contribution in [0.15, 0.2) is 40.3 Å². The SMILES string of the molecule is C.CC1=CN(C(C)(C)C)C(=O)CC1=O.Cc1nc2c(ncn2C(C)(C)C)c(=O)n1C.Cn1cnc2c(ncn2C(C)(C)C)c1=O. The van der Waals surface area contributed by atoms with Crippen LogP contribution in [0.4, 0.5) is 0 Å². The second-order valence-corrected chi connectivity index (χ2v) is 13.9. The van der Waals surface area contributed by atoms with Crippen molar-refractivity contribution in [2.45, 2.75) is 107 Å². The Hall–Kier alpha value is -4.42. The third kappa shape index (κ3) is 7.81. The minimum absolute atomic E-state index is 0. The lowest BCUT2D eigenvalue weighted by atomic mass is 10.00. The molecule has 0 saturated carbocycles. The molecule has 0 N–H and O–H groups in total. The van der Waals surface area contributed by atoms with Gasteiger partial charge in [0.1, 0.15) is 5.82 Å². The Balaban J connectivity index is 0.000000234. The fourth-order valence-electron chi connectivity index (χ4n) is 4.36. The maximum Gasteiger partial charge on any atom is 0.281 e. The summed E-state index contributed by atoms with van der Waals surface area (Å²) in [6, 6.07) is 0. The second kappa shape index (κ2) is 12.9. The molecule has 1 aliphatic rings. The van der Waals surface area contributed by atoms with Crippen LogP contribution in [-0.2, 0) is 34.8 Å². The summed E-state index contributed by atoms with van der Waals surface area (Å²) in [6.07, 6.45) is 6.53. The lowest BCUT2D eigenvalue weighted by Gasteiger charge is -2.35. The molecule has 45 heavy (non-hydrogen) atoms. The summed E-state index contributed by atoms with van der Waals surface area (Å²) in [5, 5.41) is 0. The Morgan fingerprint density at radius 2 is 1.16 bits per heavy atom. The first kappa shape index (κ1) is 36.8. The van der Waals surface area contributed by atoms with E-state index in [2.05, 4.69) is 40.7 Å². The van der Waals surface area contributed by atoms with Gasteiger partial charge in [0.05, 0.1) is 25.4 Å². The lowest BCUT2D eigenvalue weighted by molar-refractivity contribution is -0.136. The third-order valence-electron chi connectivity index (χ3n) is 7.13. The molecule has 0 spiro atoms. The number of aromatic nitrogens is 8. The van der Waals surface area contributed by atoms with Crippen LogP contribution >= 0.6 is 0 Å². The van der Waals surface area contributed by atoms with E-state index in [0.717, 1.165) is 0 Å². The third-order valence-corrected chi connectivity index (χ3v) is 7.13. The predicted octanol–water partition coefficient (Wildman–Crippen LogP) is 4.20. The molecule has 0 aliphatic carbocycles. The fourth-order valence-corrected chi connectivity index (χ4v) is 4.36. The summed E-state index contributed by atoms with van der Waals surface area (Å²) < 4.78 is 6.78. The predicted molar refractivity (Wildman–Crippen MR) is 177 cm³/mol. The van der Waals surface area contributed by atoms with Crippen molar-refractivity contribution in [2.24, 2.45) is 14.1 Å². The van der Waals surface area contributed by atoms with Crippen LogP contribution in [0.2, 0.25) is 0 Å². The van der Waals surface area contributed by atoms with E-state index < -0.39 is 0 Å². The van der Waals surface area contributed by atoms with E-state index in [1.165, 1.54) is 15.5 Å². The van der Waals surface area contributed by atoms with Gasteiger partial charge >= 0.3 is 0 Å². The fraction of sp³-hybridized carbons (Fsp3) is 0.562. The van der Waals surface area contributed by atoms with Gasteiger partial charge in [-0.1, -0.05) is 7.43 Å². The first-order valence-corrected chi connectivity index (χ1v) is 14.4. The monoisotopic (exact) mass is 623 g/mol. The first-order valence-electron chi connectivity index (χ1n) is 14.4. The number of ketones is 1. The highest BCUT2D eigenvalue weighted by Crippen LogP contribution is 2.22. The van der Waals surface area contributed by atoms with Gasteiger partial charge in [-0.05, 0) is 76.2 Å². The molecule has 0 fully saturated rings. The molecule has 0 radical (unpaired) electrons. The topological polar surface area (TPSA) is 143 Å². The Bertz CT molecular complexity index is 1870. The Morgan fingerprint density at radius 1 is 0.667 bits per heavy atom. The molecular formula is C32H49N9O4. The highest BCUT2D eigenvalue weighted by molar-refractivity contribution is 6.09. The molecule has 5 rings (SSSR count). The highest BCUT2D eigenvalue weighted by Gasteiger charge is 2.30. The molecule has 4 aromatic rings. The smallest absolute Gasteiger partial charge is 0.281 e. The number of amides is 1. The molecule has 1 amide bonds. The molecular weight excluding hydrogens is 574 g/mol. The number of carbonyl (C=O) groups is 2. The molecule has 246 valence electrons. The molecule has 0 aromatic carbocycles. The van der Waals surface area contributed by atoms with Crippen LogP contribution in [0.5, 0.6) is 0 Å². The van der Waals surface area contributed by atoms with E-state index in [9.17, 15) is 19.2 Å². The maximum atomic E-state index is 11.9. The Kier molecular flexibility index (Phi) is 10.5. The zero-order valence-corrected chi connectivity index (χ0v) is 28.2. The van der Waals surface area contributed by atoms with Gasteiger partial charge in [0.25, 0.3) is 11.1 Å². The summed E-state index contributed by atoms with van der Waals surface area (Å²) in [7, 11) is 3.38. The van der Waals surface area contributed by atoms with Gasteiger partial charge in [0.15, 0.2) is 28.1 Å². The maximum absolute atomic E-state index is 11.9. The van der Waals surface area contributed by atoms with Gasteiger partial charge in [0.2, 0.25) is 5.91 Å². The van der Waals surface area contributed by atoms with Crippen molar-refractivity contribution in [3.8, 4) is 0 Å². The highest BCUT2D eigenvalue weighted by atomic mass is 16.2. The van der Waals surface area contributed by atoms with E-state index >= 15 is 0 Å². The molecule has 13 nitrogen and oxygen atoms in total. The number of carbonyl (C=O) groups excluding carboxylic acids is 2. The summed E-state index contributed by atoms with van der Waals surface area (Å²) in [5.41, 5.74) is 2.15. The molecule has 5 heterocycles. The second-order valence-electron chi connectivity index (χ2n) is 13.9. The molecule has 1 aliphatic heterocycles. The van der Waals surface area contributed by atoms with Crippen LogP contribution in [-0.4, -0.2) is 60.3 Å². The first-order chi connectivity index (χ1) is 20.1. The van der Waals surface area contributed by atoms with Gasteiger partial charge in [-0.15, -0.1) is 0 Å². The van der Waals surface area contributed by atoms with Crippen molar-refractivity contribution in [1.29, 1.82) is 0 Å². The number of rotatable bonds is 0. The zero-order valence-electron chi connectivity index (χ0n) is 28.2. The number of Topliss-reactive ketones (excluding diaryl/α,β-unsaturated/α-hetero) is 1. The van der Waals surface area contributed by atoms with Gasteiger partial charge in [0, 0.05) is 42.5 Å². The molecule has 0 bridgehead atoms. The standard InChI is InChI=1S/C11H16N4O.C10H14N4O.C10H15NO2.CH4/c1-7-13-9-8(10(16)14(7)5)12-6-15(9)11(2,3)4;1-10(2,3)14-6-11-7-8(14)12-5-13(4)9(7)15;1-7-6-11(10(2,3)4)9(13)5-8(7)12;/h6H,1-5H3;5-6H,1-4H3;6H,5H2,1-4H3;1H4. The Labute approximate surface area is 264 Å². The summed E-state index contributed by atoms with van der Waals surface area (Å²) in [6.45, 7) is 21.7. The van der Waals surface area contributed by atoms with Crippen molar-refractivity contribution in [1.82, 2.24) is 43.1 Å². The number of hydrogen-bond donors (Lipinski definition) is 0. The largest absolute Gasteiger partial charge is 0.313 e. The quantitative estimate of drug-likeness (QED) is 0.265. The molecule has 0 saturated heterocycles. The summed E-state index contributed by atoms with van der Waals surface area (Å²) >= 11 is 0. The van der Waals surface area contributed by atoms with E-state index in [4.69, 9.17) is 0 Å². The number of hydrogen-bond acceptors (Lipinski definition) is 8. The van der Waals surface area contributed by atoms with Crippen LogP contribution < -0.4 is 11.1 Å². The van der Waals surface area contributed by atoms with Gasteiger partial charge in [-0.2, -0.15) is 0 Å². The molecule has 0 unspecified atom stereocenters. The number of nitrogens with zero attached hydrogens (tertiary/aromatic N) is 9. The minimum Gasteiger partial charge on any atom is -0.313 e. The van der Waals surface area contributed by atoms with E-state index in [1.54, 1.807) is 44.8 Å². The van der Waals surface area contributed by atoms with Crippen molar-refractivity contribution < 1.29 is 9.59 Å². The summed E-state index contributed by atoms with van der Waals surface area (Å²) in [4.78, 5) is 64.8. The minimum atomic E-state index is -0.237. The van der Waals surface area contributed by atoms with Crippen LogP contribution in [0.3, 0.4) is 0 Å². The van der Waals surface area contributed by atoms with Gasteiger partial charge in [-0.3, -0.25) is 23.7 Å². The van der Waals surface area contributed by atoms with E-state index in [1.807, 2.05) is 57.6 Å². The van der Waals surface area contributed by atoms with Crippen molar-refractivity contribution >= 4 is 34.0 Å². The van der Waals surface area contributed by atoms with Gasteiger partial charge in [-0.25, -0.2) is 19.9 Å². The number of aryl methyl sites for hydroxylation is 2. The summed E-state index contributed by atoms with van der Waals surface area (Å²) in [5.74, 6) is 0.525. The number of fused-ring (bicyclic) bond motifs is 2. The van der Waals surface area contributed by atoms with E-state index in [0.29, 0.717) is 33.7 Å². The van der Waals surface area contributed by atoms with Gasteiger partial charge < -0.3 is 18.6 Å². The Morgan fingerprint density at radius 3 is 1.64 bits per heavy atom. The van der Waals surface area contributed by atoms with Crippen molar-refractivity contribution in [2.75, 3.05) is 0 Å². The lowest BCUT2D eigenvalue weighted by Crippen LogP contribution is -2.45. The molecule has 13 heteroatoms. The zero-order chi connectivity index (χ0) is 33.5. The normalized spacial score (nSPS) is 14.0. The molecule has 0 atom stereocenters. The van der Waals surface area contributed by atoms with Crippen LogP contribution in [0.1, 0.15) is 88.9 Å². The van der Waals surface area contributed by atoms with Crippen LogP contribution in [0, 0.1) is 6.92 Å². The number of imidazole rings is 2. The average Bonchev–Trinajstić information content (AvgIpc) is 3.52.